The normalized spacial score (nSPS) is 18.0. The largest absolute Gasteiger partial charge is 0.0913 e. The van der Waals surface area contributed by atoms with Crippen LogP contribution in [0.4, 0.5) is 0 Å². The number of hydrogen-bond acceptors (Lipinski definition) is 0. The van der Waals surface area contributed by atoms with Crippen molar-refractivity contribution in [2.45, 2.75) is 31.0 Å². The minimum absolute atomic E-state index is 0.321. The molecule has 0 aromatic heterocycles. The molecule has 0 spiro atoms. The predicted molar refractivity (Wildman–Crippen MR) is 46.0 cm³/mol. The van der Waals surface area contributed by atoms with Crippen molar-refractivity contribution in [1.29, 1.82) is 0 Å². The highest BCUT2D eigenvalue weighted by atomic mass is 79.9. The van der Waals surface area contributed by atoms with Crippen molar-refractivity contribution in [3.05, 3.63) is 0 Å². The van der Waals surface area contributed by atoms with E-state index in [2.05, 4.69) is 45.7 Å². The lowest BCUT2D eigenvalue weighted by Crippen LogP contribution is -2.16. The van der Waals surface area contributed by atoms with Crippen molar-refractivity contribution < 1.29 is 0 Å². The van der Waals surface area contributed by atoms with Gasteiger partial charge < -0.3 is 0 Å². The lowest BCUT2D eigenvalue weighted by Gasteiger charge is -2.17. The van der Waals surface area contributed by atoms with E-state index in [1.165, 1.54) is 12.8 Å². The highest BCUT2D eigenvalue weighted by Crippen LogP contribution is 2.25. The number of rotatable bonds is 3. The Balaban J connectivity index is 3.37. The molecule has 0 N–H and O–H groups in total. The van der Waals surface area contributed by atoms with Crippen LogP contribution in [0.1, 0.15) is 26.7 Å². The lowest BCUT2D eigenvalue weighted by atomic mass is 10.1. The Kier molecular flexibility index (Phi) is 4.35. The molecule has 0 aromatic rings. The summed E-state index contributed by atoms with van der Waals surface area (Å²) in [6, 6.07) is 0. The topological polar surface area (TPSA) is 0 Å². The summed E-state index contributed by atoms with van der Waals surface area (Å²) in [5.41, 5.74) is 0. The summed E-state index contributed by atoms with van der Waals surface area (Å²) in [6.07, 6.45) is 2.48. The lowest BCUT2D eigenvalue weighted by molar-refractivity contribution is 0.651. The van der Waals surface area contributed by atoms with Crippen LogP contribution in [0, 0.1) is 0 Å². The smallest absolute Gasteiger partial charge is 0.0326 e. The monoisotopic (exact) mass is 242 g/mol. The molecule has 0 aliphatic rings. The zero-order valence-electron chi connectivity index (χ0n) is 5.38. The van der Waals surface area contributed by atoms with Crippen molar-refractivity contribution in [2.24, 2.45) is 0 Å². The van der Waals surface area contributed by atoms with E-state index >= 15 is 0 Å². The molecular weight excluding hydrogens is 232 g/mol. The fraction of sp³-hybridized carbons (Fsp3) is 1.00. The fourth-order valence-corrected chi connectivity index (χ4v) is 1.26. The Labute approximate surface area is 68.3 Å². The molecule has 0 aromatic carbocycles. The van der Waals surface area contributed by atoms with Crippen LogP contribution in [0.3, 0.4) is 0 Å². The fourth-order valence-electron chi connectivity index (χ4n) is 0.588. The van der Waals surface area contributed by atoms with E-state index < -0.39 is 0 Å². The Morgan fingerprint density at radius 3 is 2.12 bits per heavy atom. The quantitative estimate of drug-likeness (QED) is 0.668. The van der Waals surface area contributed by atoms with Crippen LogP contribution >= 0.6 is 31.9 Å². The molecule has 0 aliphatic heterocycles. The molecule has 0 nitrogen and oxygen atoms in total. The predicted octanol–water partition coefficient (Wildman–Crippen LogP) is 3.34. The molecule has 0 unspecified atom stereocenters. The maximum Gasteiger partial charge on any atom is 0.0326 e. The third-order valence-corrected chi connectivity index (χ3v) is 3.72. The second-order valence-corrected chi connectivity index (χ2v) is 4.77. The van der Waals surface area contributed by atoms with E-state index in [1.54, 1.807) is 0 Å². The third kappa shape index (κ3) is 3.90. The Hall–Kier alpha value is 0.960. The zero-order valence-corrected chi connectivity index (χ0v) is 8.55. The van der Waals surface area contributed by atoms with Gasteiger partial charge in [-0.3, -0.25) is 0 Å². The average Bonchev–Trinajstić information content (AvgIpc) is 1.67. The second-order valence-electron chi connectivity index (χ2n) is 2.30. The summed E-state index contributed by atoms with van der Waals surface area (Å²) in [6.45, 7) is 4.40. The number of hydrogen-bond donors (Lipinski definition) is 0. The van der Waals surface area contributed by atoms with Gasteiger partial charge in [-0.25, -0.2) is 0 Å². The molecule has 2 heteroatoms. The molecule has 0 rings (SSSR count). The maximum atomic E-state index is 3.59. The van der Waals surface area contributed by atoms with E-state index in [-0.39, 0.29) is 0 Å². The van der Waals surface area contributed by atoms with Crippen LogP contribution in [-0.4, -0.2) is 9.65 Å². The van der Waals surface area contributed by atoms with Crippen LogP contribution in [0.5, 0.6) is 0 Å². The van der Waals surface area contributed by atoms with Crippen molar-refractivity contribution in [3.63, 3.8) is 0 Å². The molecule has 0 fully saturated rings. The molecule has 50 valence electrons. The number of halogens is 2. The van der Waals surface area contributed by atoms with Crippen LogP contribution in [0.2, 0.25) is 0 Å². The Bertz CT molecular complexity index is 59.5. The van der Waals surface area contributed by atoms with Crippen molar-refractivity contribution in [1.82, 2.24) is 0 Å². The van der Waals surface area contributed by atoms with Gasteiger partial charge in [0.2, 0.25) is 0 Å². The molecule has 0 saturated carbocycles. The Morgan fingerprint density at radius 2 is 2.00 bits per heavy atom. The van der Waals surface area contributed by atoms with Gasteiger partial charge in [-0.1, -0.05) is 45.2 Å². The first-order valence-corrected chi connectivity index (χ1v) is 4.78. The molecular formula is C6H12Br2. The van der Waals surface area contributed by atoms with Crippen molar-refractivity contribution in [3.8, 4) is 0 Å². The van der Waals surface area contributed by atoms with E-state index in [9.17, 15) is 0 Å². The van der Waals surface area contributed by atoms with E-state index in [0.29, 0.717) is 4.32 Å². The Morgan fingerprint density at radius 1 is 1.50 bits per heavy atom. The first-order valence-electron chi connectivity index (χ1n) is 2.87. The van der Waals surface area contributed by atoms with E-state index in [4.69, 9.17) is 0 Å². The molecule has 8 heavy (non-hydrogen) atoms. The third-order valence-electron chi connectivity index (χ3n) is 1.05. The molecule has 0 bridgehead atoms. The van der Waals surface area contributed by atoms with E-state index in [1.807, 2.05) is 0 Å². The number of alkyl halides is 2. The van der Waals surface area contributed by atoms with Gasteiger partial charge in [0.05, 0.1) is 0 Å². The zero-order chi connectivity index (χ0) is 6.62. The van der Waals surface area contributed by atoms with Gasteiger partial charge in [-0.15, -0.1) is 0 Å². The van der Waals surface area contributed by atoms with Gasteiger partial charge >= 0.3 is 0 Å². The summed E-state index contributed by atoms with van der Waals surface area (Å²) < 4.78 is 0.321. The minimum atomic E-state index is 0.321. The maximum absolute atomic E-state index is 3.59. The van der Waals surface area contributed by atoms with Crippen LogP contribution in [-0.2, 0) is 0 Å². The second kappa shape index (κ2) is 3.89. The highest BCUT2D eigenvalue weighted by molar-refractivity contribution is 9.12. The van der Waals surface area contributed by atoms with Crippen LogP contribution < -0.4 is 0 Å². The molecule has 0 saturated heterocycles. The van der Waals surface area contributed by atoms with Crippen LogP contribution in [0.25, 0.3) is 0 Å². The molecule has 0 radical (unpaired) electrons. The summed E-state index contributed by atoms with van der Waals surface area (Å²) >= 11 is 7.02. The summed E-state index contributed by atoms with van der Waals surface area (Å²) in [7, 11) is 0. The standard InChI is InChI=1S/C6H12Br2/c1-3-4-6(2,8)5-7/h3-5H2,1-2H3/t6-/m0/s1. The van der Waals surface area contributed by atoms with Gasteiger partial charge in [0.1, 0.15) is 0 Å². The van der Waals surface area contributed by atoms with Crippen molar-refractivity contribution >= 4 is 31.9 Å². The van der Waals surface area contributed by atoms with E-state index in [0.717, 1.165) is 5.33 Å². The molecule has 0 amide bonds. The summed E-state index contributed by atoms with van der Waals surface area (Å²) in [4.78, 5) is 0. The highest BCUT2D eigenvalue weighted by Gasteiger charge is 2.15. The van der Waals surface area contributed by atoms with Gasteiger partial charge in [0.15, 0.2) is 0 Å². The van der Waals surface area contributed by atoms with Gasteiger partial charge in [-0.05, 0) is 13.3 Å². The molecule has 1 atom stereocenters. The van der Waals surface area contributed by atoms with Gasteiger partial charge in [0.25, 0.3) is 0 Å². The van der Waals surface area contributed by atoms with Crippen LogP contribution in [0.15, 0.2) is 0 Å². The first kappa shape index (κ1) is 8.96. The van der Waals surface area contributed by atoms with Gasteiger partial charge in [0, 0.05) is 9.65 Å². The molecule has 0 aliphatic carbocycles. The average molecular weight is 244 g/mol. The van der Waals surface area contributed by atoms with Gasteiger partial charge in [-0.2, -0.15) is 0 Å². The summed E-state index contributed by atoms with van der Waals surface area (Å²) in [5.74, 6) is 0. The molecule has 0 heterocycles. The summed E-state index contributed by atoms with van der Waals surface area (Å²) in [5, 5.41) is 1.04. The SMILES string of the molecule is CCC[C@](C)(Br)CBr. The first-order chi connectivity index (χ1) is 3.62. The van der Waals surface area contributed by atoms with Crippen molar-refractivity contribution in [2.75, 3.05) is 5.33 Å². The minimum Gasteiger partial charge on any atom is -0.0913 e.